The van der Waals surface area contributed by atoms with Crippen molar-refractivity contribution in [1.29, 1.82) is 0 Å². The maximum Gasteiger partial charge on any atom is 0.237 e. The third kappa shape index (κ3) is 5.75. The highest BCUT2D eigenvalue weighted by Gasteiger charge is 2.19. The number of nitrogens with zero attached hydrogens (tertiary/aromatic N) is 2. The van der Waals surface area contributed by atoms with E-state index in [0.717, 1.165) is 21.6 Å². The number of methoxy groups -OCH3 is 1. The van der Waals surface area contributed by atoms with E-state index in [1.807, 2.05) is 13.8 Å². The molecule has 2 N–H and O–H groups in total. The molecule has 0 spiro atoms. The molecule has 0 aliphatic rings. The first kappa shape index (κ1) is 20.8. The number of ether oxygens (including phenoxy) is 1. The summed E-state index contributed by atoms with van der Waals surface area (Å²) in [5.74, 6) is 0.918. The quantitative estimate of drug-likeness (QED) is 0.610. The second-order valence-corrected chi connectivity index (χ2v) is 9.17. The third-order valence-corrected chi connectivity index (χ3v) is 5.93. The van der Waals surface area contributed by atoms with Gasteiger partial charge in [-0.25, -0.2) is 0 Å². The zero-order chi connectivity index (χ0) is 19.3. The van der Waals surface area contributed by atoms with Crippen LogP contribution in [0.5, 0.6) is 5.75 Å². The molecule has 0 unspecified atom stereocenters. The molecule has 0 aliphatic carbocycles. The number of aryl methyl sites for hydroxylation is 1. The van der Waals surface area contributed by atoms with Crippen molar-refractivity contribution >= 4 is 51.4 Å². The van der Waals surface area contributed by atoms with E-state index in [1.165, 1.54) is 23.1 Å². The summed E-state index contributed by atoms with van der Waals surface area (Å²) in [7, 11) is 1.54. The normalized spacial score (nSPS) is 12.1. The second-order valence-electron chi connectivity index (χ2n) is 6.20. The van der Waals surface area contributed by atoms with Crippen molar-refractivity contribution in [3.8, 4) is 5.75 Å². The first-order valence-electron chi connectivity index (χ1n) is 8.19. The van der Waals surface area contributed by atoms with Crippen LogP contribution in [0.2, 0.25) is 5.02 Å². The molecule has 0 saturated heterocycles. The fourth-order valence-electron chi connectivity index (χ4n) is 1.99. The lowest BCUT2D eigenvalue weighted by atomic mass is 10.2. The van der Waals surface area contributed by atoms with Gasteiger partial charge in [0.25, 0.3) is 0 Å². The Morgan fingerprint density at radius 2 is 2.08 bits per heavy atom. The number of nitrogens with one attached hydrogen (secondary N) is 2. The van der Waals surface area contributed by atoms with Gasteiger partial charge in [0, 0.05) is 17.6 Å². The van der Waals surface area contributed by atoms with Gasteiger partial charge in [0.1, 0.15) is 5.75 Å². The molecule has 0 saturated carbocycles. The summed E-state index contributed by atoms with van der Waals surface area (Å²) in [4.78, 5) is 12.5. The lowest BCUT2D eigenvalue weighted by Gasteiger charge is -2.14. The van der Waals surface area contributed by atoms with Crippen LogP contribution in [0.4, 0.5) is 10.8 Å². The number of hydrogen-bond acceptors (Lipinski definition) is 7. The first-order valence-corrected chi connectivity index (χ1v) is 10.3. The van der Waals surface area contributed by atoms with E-state index in [9.17, 15) is 4.79 Å². The molecule has 2 rings (SSSR count). The highest BCUT2D eigenvalue weighted by molar-refractivity contribution is 8.02. The molecule has 1 amide bonds. The zero-order valence-corrected chi connectivity index (χ0v) is 17.8. The highest BCUT2D eigenvalue weighted by atomic mass is 35.5. The molecular weight excluding hydrogens is 392 g/mol. The van der Waals surface area contributed by atoms with Gasteiger partial charge in [-0.3, -0.25) is 4.79 Å². The second kappa shape index (κ2) is 9.43. The molecule has 1 aromatic carbocycles. The van der Waals surface area contributed by atoms with Gasteiger partial charge in [0.05, 0.1) is 18.0 Å². The SMILES string of the molecule is COc1cc(Cl)c(C)cc1NC(=O)[C@H](C)Sc1nnc(NCC(C)C)s1. The van der Waals surface area contributed by atoms with Crippen LogP contribution in [0, 0.1) is 12.8 Å². The largest absolute Gasteiger partial charge is 0.495 e. The number of anilines is 2. The maximum absolute atomic E-state index is 12.5. The van der Waals surface area contributed by atoms with Crippen LogP contribution in [-0.2, 0) is 4.79 Å². The molecule has 9 heteroatoms. The van der Waals surface area contributed by atoms with Crippen LogP contribution >= 0.6 is 34.7 Å². The van der Waals surface area contributed by atoms with Crippen LogP contribution in [0.1, 0.15) is 26.3 Å². The molecule has 1 aromatic heterocycles. The van der Waals surface area contributed by atoms with E-state index in [0.29, 0.717) is 22.4 Å². The van der Waals surface area contributed by atoms with Crippen LogP contribution < -0.4 is 15.4 Å². The summed E-state index contributed by atoms with van der Waals surface area (Å²) in [6.45, 7) is 8.80. The van der Waals surface area contributed by atoms with E-state index in [2.05, 4.69) is 34.7 Å². The average molecular weight is 415 g/mol. The van der Waals surface area contributed by atoms with Gasteiger partial charge in [0.15, 0.2) is 4.34 Å². The van der Waals surface area contributed by atoms with Gasteiger partial charge < -0.3 is 15.4 Å². The molecule has 0 aliphatic heterocycles. The Morgan fingerprint density at radius 1 is 1.35 bits per heavy atom. The van der Waals surface area contributed by atoms with Crippen molar-refractivity contribution in [3.05, 3.63) is 22.7 Å². The lowest BCUT2D eigenvalue weighted by molar-refractivity contribution is -0.115. The van der Waals surface area contributed by atoms with Crippen LogP contribution in [-0.4, -0.2) is 35.0 Å². The Balaban J connectivity index is 1.99. The first-order chi connectivity index (χ1) is 12.3. The molecule has 26 heavy (non-hydrogen) atoms. The minimum atomic E-state index is -0.332. The fourth-order valence-corrected chi connectivity index (χ4v) is 4.05. The van der Waals surface area contributed by atoms with Crippen LogP contribution in [0.3, 0.4) is 0 Å². The van der Waals surface area contributed by atoms with Gasteiger partial charge >= 0.3 is 0 Å². The van der Waals surface area contributed by atoms with E-state index in [-0.39, 0.29) is 11.2 Å². The molecule has 1 heterocycles. The smallest absolute Gasteiger partial charge is 0.237 e. The van der Waals surface area contributed by atoms with Crippen molar-refractivity contribution in [2.75, 3.05) is 24.3 Å². The van der Waals surface area contributed by atoms with E-state index < -0.39 is 0 Å². The van der Waals surface area contributed by atoms with E-state index in [1.54, 1.807) is 19.2 Å². The fraction of sp³-hybridized carbons (Fsp3) is 0.471. The summed E-state index contributed by atoms with van der Waals surface area (Å²) < 4.78 is 6.04. The monoisotopic (exact) mass is 414 g/mol. The van der Waals surface area contributed by atoms with Crippen molar-refractivity contribution in [1.82, 2.24) is 10.2 Å². The predicted molar refractivity (Wildman–Crippen MR) is 110 cm³/mol. The molecule has 0 fully saturated rings. The number of aromatic nitrogens is 2. The van der Waals surface area contributed by atoms with Crippen molar-refractivity contribution in [2.45, 2.75) is 37.3 Å². The van der Waals surface area contributed by atoms with Crippen molar-refractivity contribution in [3.63, 3.8) is 0 Å². The molecule has 2 aromatic rings. The molecule has 0 radical (unpaired) electrons. The highest BCUT2D eigenvalue weighted by Crippen LogP contribution is 2.33. The number of halogens is 1. The number of rotatable bonds is 8. The lowest BCUT2D eigenvalue weighted by Crippen LogP contribution is -2.22. The van der Waals surface area contributed by atoms with E-state index in [4.69, 9.17) is 16.3 Å². The average Bonchev–Trinajstić information content (AvgIpc) is 3.03. The molecule has 1 atom stereocenters. The number of carbonyl (C=O) groups is 1. The number of amides is 1. The minimum absolute atomic E-state index is 0.137. The Labute approximate surface area is 167 Å². The Hall–Kier alpha value is -1.51. The Morgan fingerprint density at radius 3 is 2.73 bits per heavy atom. The minimum Gasteiger partial charge on any atom is -0.495 e. The molecule has 6 nitrogen and oxygen atoms in total. The number of thioether (sulfide) groups is 1. The van der Waals surface area contributed by atoms with Gasteiger partial charge in [0.2, 0.25) is 11.0 Å². The summed E-state index contributed by atoms with van der Waals surface area (Å²) in [5, 5.41) is 15.4. The predicted octanol–water partition coefficient (Wildman–Crippen LogP) is 4.70. The zero-order valence-electron chi connectivity index (χ0n) is 15.4. The van der Waals surface area contributed by atoms with Crippen molar-refractivity contribution in [2.24, 2.45) is 5.92 Å². The Bertz CT molecular complexity index is 767. The summed E-state index contributed by atoms with van der Waals surface area (Å²) in [6, 6.07) is 3.50. The summed E-state index contributed by atoms with van der Waals surface area (Å²) in [5.41, 5.74) is 1.47. The van der Waals surface area contributed by atoms with Gasteiger partial charge in [-0.15, -0.1) is 10.2 Å². The third-order valence-electron chi connectivity index (χ3n) is 3.45. The number of carbonyl (C=O) groups excluding carboxylic acids is 1. The maximum atomic E-state index is 12.5. The van der Waals surface area contributed by atoms with Gasteiger partial charge in [-0.2, -0.15) is 0 Å². The Kier molecular flexibility index (Phi) is 7.55. The van der Waals surface area contributed by atoms with Crippen molar-refractivity contribution < 1.29 is 9.53 Å². The van der Waals surface area contributed by atoms with Crippen LogP contribution in [0.25, 0.3) is 0 Å². The standard InChI is InChI=1S/C17H23ClN4O2S2/c1-9(2)8-19-16-21-22-17(26-16)25-11(4)15(23)20-13-6-10(3)12(18)7-14(13)24-5/h6-7,9,11H,8H2,1-5H3,(H,19,21)(H,20,23)/t11-/m0/s1. The summed E-state index contributed by atoms with van der Waals surface area (Å²) >= 11 is 8.92. The van der Waals surface area contributed by atoms with Gasteiger partial charge in [-0.05, 0) is 31.4 Å². The molecular formula is C17H23ClN4O2S2. The number of benzene rings is 1. The molecule has 142 valence electrons. The number of hydrogen-bond donors (Lipinski definition) is 2. The topological polar surface area (TPSA) is 76.1 Å². The van der Waals surface area contributed by atoms with E-state index >= 15 is 0 Å². The van der Waals surface area contributed by atoms with Crippen LogP contribution in [0.15, 0.2) is 16.5 Å². The summed E-state index contributed by atoms with van der Waals surface area (Å²) in [6.07, 6.45) is 0. The molecule has 0 bridgehead atoms. The van der Waals surface area contributed by atoms with Gasteiger partial charge in [-0.1, -0.05) is 48.5 Å².